The predicted molar refractivity (Wildman–Crippen MR) is 49.8 cm³/mol. The molecule has 0 radical (unpaired) electrons. The Labute approximate surface area is 67.9 Å². The van der Waals surface area contributed by atoms with Crippen LogP contribution in [0.3, 0.4) is 0 Å². The highest BCUT2D eigenvalue weighted by molar-refractivity contribution is 5.79. The molecule has 2 N–H and O–H groups in total. The maximum atomic E-state index is 3.96. The van der Waals surface area contributed by atoms with Crippen LogP contribution < -0.4 is 10.6 Å². The van der Waals surface area contributed by atoms with Crippen LogP contribution in [-0.4, -0.2) is 26.1 Å². The molecule has 0 aliphatic carbocycles. The van der Waals surface area contributed by atoms with Crippen molar-refractivity contribution in [1.82, 2.24) is 10.6 Å². The molecule has 11 heavy (non-hydrogen) atoms. The highest BCUT2D eigenvalue weighted by atomic mass is 15.2. The summed E-state index contributed by atoms with van der Waals surface area (Å²) in [5.41, 5.74) is 0. The van der Waals surface area contributed by atoms with E-state index in [0.29, 0.717) is 0 Å². The Balaban J connectivity index is 3.58. The molecule has 3 heteroatoms. The van der Waals surface area contributed by atoms with Gasteiger partial charge < -0.3 is 10.6 Å². The smallest absolute Gasteiger partial charge is 0.191 e. The molecular weight excluding hydrogens is 138 g/mol. The fraction of sp³-hybridized carbons (Fsp3) is 0.375. The molecule has 0 unspecified atom stereocenters. The zero-order valence-corrected chi connectivity index (χ0v) is 6.93. The van der Waals surface area contributed by atoms with Crippen molar-refractivity contribution in [3.8, 4) is 0 Å². The number of hydrogen-bond donors (Lipinski definition) is 2. The number of nitrogens with one attached hydrogen (secondary N) is 2. The lowest BCUT2D eigenvalue weighted by atomic mass is 10.6. The molecule has 0 fully saturated rings. The van der Waals surface area contributed by atoms with Crippen LogP contribution in [-0.2, 0) is 0 Å². The summed E-state index contributed by atoms with van der Waals surface area (Å²) in [6.45, 7) is 8.60. The maximum Gasteiger partial charge on any atom is 0.191 e. The molecule has 62 valence electrons. The third-order valence-electron chi connectivity index (χ3n) is 1.05. The van der Waals surface area contributed by atoms with Gasteiger partial charge in [0.2, 0.25) is 0 Å². The minimum atomic E-state index is 0.719. The third-order valence-corrected chi connectivity index (χ3v) is 1.05. The molecule has 3 nitrogen and oxygen atoms in total. The number of hydrogen-bond acceptors (Lipinski definition) is 1. The summed E-state index contributed by atoms with van der Waals surface area (Å²) >= 11 is 0. The topological polar surface area (TPSA) is 36.4 Å². The van der Waals surface area contributed by atoms with Crippen LogP contribution in [0.5, 0.6) is 0 Å². The Kier molecular flexibility index (Phi) is 6.08. The van der Waals surface area contributed by atoms with E-state index in [9.17, 15) is 0 Å². The molecule has 0 aromatic rings. The monoisotopic (exact) mass is 153 g/mol. The van der Waals surface area contributed by atoms with Gasteiger partial charge in [0.25, 0.3) is 0 Å². The van der Waals surface area contributed by atoms with E-state index in [2.05, 4.69) is 28.8 Å². The van der Waals surface area contributed by atoms with Crippen molar-refractivity contribution in [3.05, 3.63) is 25.3 Å². The molecule has 0 bridgehead atoms. The lowest BCUT2D eigenvalue weighted by Gasteiger charge is -2.07. The van der Waals surface area contributed by atoms with E-state index >= 15 is 0 Å². The number of aliphatic imine (C=N–C) groups is 1. The van der Waals surface area contributed by atoms with Crippen LogP contribution in [0.1, 0.15) is 0 Å². The van der Waals surface area contributed by atoms with Crippen LogP contribution in [0.15, 0.2) is 30.3 Å². The third kappa shape index (κ3) is 5.21. The molecule has 0 spiro atoms. The van der Waals surface area contributed by atoms with Gasteiger partial charge in [0, 0.05) is 20.1 Å². The summed E-state index contributed by atoms with van der Waals surface area (Å²) in [6, 6.07) is 0. The SMILES string of the molecule is C=CCNC(=NC)NCC=C. The van der Waals surface area contributed by atoms with Crippen molar-refractivity contribution in [2.75, 3.05) is 20.1 Å². The molecule has 0 heterocycles. The summed E-state index contributed by atoms with van der Waals surface area (Å²) in [6.07, 6.45) is 3.56. The van der Waals surface area contributed by atoms with Crippen molar-refractivity contribution >= 4 is 5.96 Å². The van der Waals surface area contributed by atoms with Crippen LogP contribution in [0, 0.1) is 0 Å². The summed E-state index contributed by atoms with van der Waals surface area (Å²) < 4.78 is 0. The number of nitrogens with zero attached hydrogens (tertiary/aromatic N) is 1. The van der Waals surface area contributed by atoms with Gasteiger partial charge in [0.05, 0.1) is 0 Å². The minimum Gasteiger partial charge on any atom is -0.353 e. The highest BCUT2D eigenvalue weighted by Gasteiger charge is 1.89. The second-order valence-corrected chi connectivity index (χ2v) is 1.91. The Morgan fingerprint density at radius 3 is 2.00 bits per heavy atom. The number of rotatable bonds is 4. The molecule has 0 aliphatic heterocycles. The van der Waals surface area contributed by atoms with Crippen molar-refractivity contribution in [2.45, 2.75) is 0 Å². The van der Waals surface area contributed by atoms with Crippen LogP contribution >= 0.6 is 0 Å². The van der Waals surface area contributed by atoms with Gasteiger partial charge in [-0.1, -0.05) is 12.2 Å². The minimum absolute atomic E-state index is 0.719. The average molecular weight is 153 g/mol. The van der Waals surface area contributed by atoms with Crippen molar-refractivity contribution in [1.29, 1.82) is 0 Å². The number of guanidine groups is 1. The van der Waals surface area contributed by atoms with Gasteiger partial charge in [-0.05, 0) is 0 Å². The van der Waals surface area contributed by atoms with Crippen LogP contribution in [0.4, 0.5) is 0 Å². The molecule has 0 rings (SSSR count). The molecule has 0 atom stereocenters. The fourth-order valence-electron chi connectivity index (χ4n) is 0.558. The summed E-state index contributed by atoms with van der Waals surface area (Å²) in [5.74, 6) is 0.768. The fourth-order valence-corrected chi connectivity index (χ4v) is 0.558. The maximum absolute atomic E-state index is 3.96. The Hall–Kier alpha value is -1.25. The molecule has 0 saturated heterocycles. The van der Waals surface area contributed by atoms with E-state index in [1.165, 1.54) is 0 Å². The lowest BCUT2D eigenvalue weighted by Crippen LogP contribution is -2.37. The first-order valence-electron chi connectivity index (χ1n) is 3.51. The van der Waals surface area contributed by atoms with Gasteiger partial charge in [-0.25, -0.2) is 0 Å². The zero-order chi connectivity index (χ0) is 8.53. The zero-order valence-electron chi connectivity index (χ0n) is 6.93. The summed E-state index contributed by atoms with van der Waals surface area (Å²) in [5, 5.41) is 6.05. The standard InChI is InChI=1S/C8H15N3/c1-4-6-10-8(9-3)11-7-5-2/h4-5H,1-2,6-7H2,3H3,(H2,9,10,11). The van der Waals surface area contributed by atoms with E-state index in [-0.39, 0.29) is 0 Å². The van der Waals surface area contributed by atoms with Gasteiger partial charge in [0.1, 0.15) is 0 Å². The van der Waals surface area contributed by atoms with Gasteiger partial charge in [-0.15, -0.1) is 13.2 Å². The molecule has 0 aliphatic rings. The predicted octanol–water partition coefficient (Wildman–Crippen LogP) is 0.523. The average Bonchev–Trinajstić information content (AvgIpc) is 2.05. The van der Waals surface area contributed by atoms with Gasteiger partial charge in [-0.2, -0.15) is 0 Å². The lowest BCUT2D eigenvalue weighted by molar-refractivity contribution is 0.914. The molecule has 0 aromatic carbocycles. The Morgan fingerprint density at radius 2 is 1.73 bits per heavy atom. The largest absolute Gasteiger partial charge is 0.353 e. The Bertz CT molecular complexity index is 135. The van der Waals surface area contributed by atoms with Crippen molar-refractivity contribution in [2.24, 2.45) is 4.99 Å². The quantitative estimate of drug-likeness (QED) is 0.351. The van der Waals surface area contributed by atoms with E-state index in [1.807, 2.05) is 0 Å². The van der Waals surface area contributed by atoms with Crippen molar-refractivity contribution in [3.63, 3.8) is 0 Å². The highest BCUT2D eigenvalue weighted by Crippen LogP contribution is 1.68. The van der Waals surface area contributed by atoms with Gasteiger partial charge in [-0.3, -0.25) is 4.99 Å². The van der Waals surface area contributed by atoms with E-state index in [1.54, 1.807) is 19.2 Å². The van der Waals surface area contributed by atoms with E-state index in [4.69, 9.17) is 0 Å². The second kappa shape index (κ2) is 6.86. The van der Waals surface area contributed by atoms with E-state index in [0.717, 1.165) is 19.0 Å². The molecule has 0 saturated carbocycles. The summed E-state index contributed by atoms with van der Waals surface area (Å²) in [4.78, 5) is 3.96. The molecular formula is C8H15N3. The van der Waals surface area contributed by atoms with E-state index < -0.39 is 0 Å². The molecule has 0 amide bonds. The first-order chi connectivity index (χ1) is 5.35. The van der Waals surface area contributed by atoms with Crippen LogP contribution in [0.25, 0.3) is 0 Å². The summed E-state index contributed by atoms with van der Waals surface area (Å²) in [7, 11) is 1.72. The Morgan fingerprint density at radius 1 is 1.27 bits per heavy atom. The molecule has 0 aromatic heterocycles. The van der Waals surface area contributed by atoms with Gasteiger partial charge >= 0.3 is 0 Å². The van der Waals surface area contributed by atoms with Crippen molar-refractivity contribution < 1.29 is 0 Å². The second-order valence-electron chi connectivity index (χ2n) is 1.91. The van der Waals surface area contributed by atoms with Crippen LogP contribution in [0.2, 0.25) is 0 Å². The normalized spacial score (nSPS) is 8.09. The first-order valence-corrected chi connectivity index (χ1v) is 3.51. The van der Waals surface area contributed by atoms with Gasteiger partial charge in [0.15, 0.2) is 5.96 Å². The first kappa shape index (κ1) is 9.75.